The van der Waals surface area contributed by atoms with Gasteiger partial charge < -0.3 is 10.2 Å². The molecule has 0 unspecified atom stereocenters. The van der Waals surface area contributed by atoms with Crippen molar-refractivity contribution >= 4 is 15.5 Å². The summed E-state index contributed by atoms with van der Waals surface area (Å²) in [5, 5.41) is 1.36. The minimum Gasteiger partial charge on any atom is -0.545 e. The minimum atomic E-state index is -0.555. The monoisotopic (exact) mass is 193 g/mol. The number of benzene rings is 1. The van der Waals surface area contributed by atoms with E-state index in [2.05, 4.69) is 13.0 Å². The number of hydrogen-bond acceptors (Lipinski definition) is 2. The van der Waals surface area contributed by atoms with E-state index in [0.717, 1.165) is 11.4 Å². The lowest BCUT2D eigenvalue weighted by Gasteiger charge is -2.05. The SMILES string of the molecule is CC=C(C)[SiH2]Oc1ccc(N)cc1. The molecule has 1 rings (SSSR count). The van der Waals surface area contributed by atoms with Crippen molar-refractivity contribution in [2.75, 3.05) is 5.73 Å². The lowest BCUT2D eigenvalue weighted by molar-refractivity contribution is 0.601. The van der Waals surface area contributed by atoms with E-state index < -0.39 is 9.76 Å². The summed E-state index contributed by atoms with van der Waals surface area (Å²) in [5.41, 5.74) is 6.33. The zero-order valence-corrected chi connectivity index (χ0v) is 9.49. The van der Waals surface area contributed by atoms with Crippen LogP contribution in [0.1, 0.15) is 13.8 Å². The van der Waals surface area contributed by atoms with Gasteiger partial charge in [-0.1, -0.05) is 11.3 Å². The van der Waals surface area contributed by atoms with E-state index in [1.54, 1.807) is 0 Å². The second kappa shape index (κ2) is 4.72. The molecule has 0 bridgehead atoms. The summed E-state index contributed by atoms with van der Waals surface area (Å²) < 4.78 is 5.63. The minimum absolute atomic E-state index is 0.555. The van der Waals surface area contributed by atoms with Crippen molar-refractivity contribution in [3.8, 4) is 5.75 Å². The van der Waals surface area contributed by atoms with Gasteiger partial charge in [-0.2, -0.15) is 0 Å². The Morgan fingerprint density at radius 3 is 2.54 bits per heavy atom. The van der Waals surface area contributed by atoms with Gasteiger partial charge in [0.2, 0.25) is 9.76 Å². The van der Waals surface area contributed by atoms with Crippen LogP contribution < -0.4 is 10.2 Å². The van der Waals surface area contributed by atoms with Crippen LogP contribution in [0.3, 0.4) is 0 Å². The third-order valence-electron chi connectivity index (χ3n) is 1.84. The molecule has 0 aromatic heterocycles. The van der Waals surface area contributed by atoms with Gasteiger partial charge in [0, 0.05) is 5.69 Å². The first-order valence-electron chi connectivity index (χ1n) is 4.32. The zero-order chi connectivity index (χ0) is 9.68. The average molecular weight is 193 g/mol. The molecule has 0 amide bonds. The molecule has 0 aliphatic rings. The lowest BCUT2D eigenvalue weighted by Crippen LogP contribution is -2.03. The number of nitrogen functional groups attached to an aromatic ring is 1. The fraction of sp³-hybridized carbons (Fsp3) is 0.200. The van der Waals surface area contributed by atoms with Crippen molar-refractivity contribution in [2.24, 2.45) is 0 Å². The second-order valence-electron chi connectivity index (χ2n) is 2.99. The number of allylic oxidation sites excluding steroid dienone is 2. The van der Waals surface area contributed by atoms with Crippen molar-refractivity contribution in [3.05, 3.63) is 35.5 Å². The first-order chi connectivity index (χ1) is 6.22. The van der Waals surface area contributed by atoms with E-state index in [4.69, 9.17) is 10.2 Å². The van der Waals surface area contributed by atoms with Crippen LogP contribution in [0.15, 0.2) is 35.5 Å². The molecule has 0 atom stereocenters. The van der Waals surface area contributed by atoms with Gasteiger partial charge >= 0.3 is 0 Å². The molecule has 2 N–H and O–H groups in total. The summed E-state index contributed by atoms with van der Waals surface area (Å²) in [4.78, 5) is 0. The molecule has 3 heteroatoms. The molecular weight excluding hydrogens is 178 g/mol. The fourth-order valence-electron chi connectivity index (χ4n) is 0.845. The molecule has 13 heavy (non-hydrogen) atoms. The molecule has 1 aromatic carbocycles. The molecule has 0 aliphatic heterocycles. The second-order valence-corrected chi connectivity index (χ2v) is 4.69. The van der Waals surface area contributed by atoms with Crippen LogP contribution in [0.2, 0.25) is 0 Å². The smallest absolute Gasteiger partial charge is 0.246 e. The quantitative estimate of drug-likeness (QED) is 0.585. The Hall–Kier alpha value is -1.22. The Morgan fingerprint density at radius 1 is 1.38 bits per heavy atom. The normalized spacial score (nSPS) is 12.3. The molecule has 0 fully saturated rings. The molecule has 1 aromatic rings. The van der Waals surface area contributed by atoms with Crippen molar-refractivity contribution in [1.29, 1.82) is 0 Å². The largest absolute Gasteiger partial charge is 0.545 e. The van der Waals surface area contributed by atoms with Crippen molar-refractivity contribution < 1.29 is 4.43 Å². The van der Waals surface area contributed by atoms with Gasteiger partial charge in [0.1, 0.15) is 5.75 Å². The molecule has 0 heterocycles. The molecule has 0 saturated carbocycles. The van der Waals surface area contributed by atoms with Crippen molar-refractivity contribution in [2.45, 2.75) is 13.8 Å². The molecule has 0 aliphatic carbocycles. The number of rotatable bonds is 3. The van der Waals surface area contributed by atoms with Crippen LogP contribution in [0.25, 0.3) is 0 Å². The van der Waals surface area contributed by atoms with E-state index in [1.807, 2.05) is 31.2 Å². The first kappa shape index (κ1) is 9.86. The Morgan fingerprint density at radius 2 is 2.00 bits per heavy atom. The molecule has 0 radical (unpaired) electrons. The molecule has 0 spiro atoms. The highest BCUT2D eigenvalue weighted by Crippen LogP contribution is 2.12. The van der Waals surface area contributed by atoms with E-state index in [0.29, 0.717) is 0 Å². The van der Waals surface area contributed by atoms with Gasteiger partial charge in [-0.15, -0.1) is 0 Å². The third-order valence-corrected chi connectivity index (χ3v) is 3.18. The Kier molecular flexibility index (Phi) is 3.58. The Balaban J connectivity index is 2.51. The maximum Gasteiger partial charge on any atom is 0.246 e. The highest BCUT2D eigenvalue weighted by molar-refractivity contribution is 6.38. The summed E-state index contributed by atoms with van der Waals surface area (Å²) in [7, 11) is -0.555. The van der Waals surface area contributed by atoms with E-state index in [1.165, 1.54) is 5.20 Å². The summed E-state index contributed by atoms with van der Waals surface area (Å²) >= 11 is 0. The fourth-order valence-corrected chi connectivity index (χ4v) is 1.60. The Labute approximate surface area is 81.4 Å². The van der Waals surface area contributed by atoms with Crippen LogP contribution in [0.5, 0.6) is 5.75 Å². The van der Waals surface area contributed by atoms with Gasteiger partial charge in [0.15, 0.2) is 0 Å². The van der Waals surface area contributed by atoms with Gasteiger partial charge in [0.05, 0.1) is 0 Å². The summed E-state index contributed by atoms with van der Waals surface area (Å²) in [6, 6.07) is 7.53. The summed E-state index contributed by atoms with van der Waals surface area (Å²) in [6.07, 6.45) is 2.10. The topological polar surface area (TPSA) is 35.2 Å². The summed E-state index contributed by atoms with van der Waals surface area (Å²) in [6.45, 7) is 4.14. The van der Waals surface area contributed by atoms with Gasteiger partial charge in [0.25, 0.3) is 0 Å². The maximum absolute atomic E-state index is 5.63. The van der Waals surface area contributed by atoms with Crippen LogP contribution in [-0.4, -0.2) is 9.76 Å². The van der Waals surface area contributed by atoms with E-state index in [9.17, 15) is 0 Å². The number of anilines is 1. The predicted molar refractivity (Wildman–Crippen MR) is 59.5 cm³/mol. The molecule has 70 valence electrons. The average Bonchev–Trinajstić information content (AvgIpc) is 2.16. The van der Waals surface area contributed by atoms with Crippen molar-refractivity contribution in [3.63, 3.8) is 0 Å². The van der Waals surface area contributed by atoms with Gasteiger partial charge in [-0.05, 0) is 38.1 Å². The van der Waals surface area contributed by atoms with Crippen LogP contribution in [-0.2, 0) is 0 Å². The standard InChI is InChI=1S/C10H15NOSi/c1-3-8(2)13-12-10-6-4-9(11)5-7-10/h3-7H,11,13H2,1-2H3. The highest BCUT2D eigenvalue weighted by Gasteiger charge is 1.94. The van der Waals surface area contributed by atoms with Crippen molar-refractivity contribution in [1.82, 2.24) is 0 Å². The van der Waals surface area contributed by atoms with Gasteiger partial charge in [-0.25, -0.2) is 0 Å². The predicted octanol–water partition coefficient (Wildman–Crippen LogP) is 1.66. The van der Waals surface area contributed by atoms with Crippen LogP contribution in [0.4, 0.5) is 5.69 Å². The third kappa shape index (κ3) is 3.34. The number of nitrogens with two attached hydrogens (primary N) is 1. The molecule has 0 saturated heterocycles. The molecular formula is C10H15NOSi. The number of hydrogen-bond donors (Lipinski definition) is 1. The first-order valence-corrected chi connectivity index (χ1v) is 5.61. The zero-order valence-electron chi connectivity index (χ0n) is 8.08. The van der Waals surface area contributed by atoms with E-state index >= 15 is 0 Å². The van der Waals surface area contributed by atoms with Gasteiger partial charge in [-0.3, -0.25) is 0 Å². The Bertz CT molecular complexity index is 292. The lowest BCUT2D eigenvalue weighted by atomic mass is 10.3. The maximum atomic E-state index is 5.63. The van der Waals surface area contributed by atoms with Crippen LogP contribution in [0, 0.1) is 0 Å². The highest BCUT2D eigenvalue weighted by atomic mass is 28.2. The summed E-state index contributed by atoms with van der Waals surface area (Å²) in [5.74, 6) is 0.919. The van der Waals surface area contributed by atoms with E-state index in [-0.39, 0.29) is 0 Å². The molecule has 2 nitrogen and oxygen atoms in total. The van der Waals surface area contributed by atoms with Crippen LogP contribution >= 0.6 is 0 Å².